The zero-order chi connectivity index (χ0) is 21.7. The molecule has 0 amide bonds. The Bertz CT molecular complexity index is 876. The molecule has 0 aromatic heterocycles. The Labute approximate surface area is 191 Å². The number of rotatable bonds is 8. The Balaban J connectivity index is 1.52. The fraction of sp³-hybridized carbons (Fsp3) is 0.481. The maximum Gasteiger partial charge on any atom is 0.138 e. The maximum atomic E-state index is 11.7. The Morgan fingerprint density at radius 2 is 1.90 bits per heavy atom. The quantitative estimate of drug-likeness (QED) is 0.506. The van der Waals surface area contributed by atoms with Gasteiger partial charge in [0.15, 0.2) is 0 Å². The van der Waals surface area contributed by atoms with Crippen LogP contribution in [0, 0.1) is 5.92 Å². The highest BCUT2D eigenvalue weighted by atomic mass is 35.5. The average Bonchev–Trinajstić information content (AvgIpc) is 3.26. The van der Waals surface area contributed by atoms with Crippen molar-refractivity contribution in [2.24, 2.45) is 5.92 Å². The molecule has 0 spiro atoms. The number of hydrogen-bond donors (Lipinski definition) is 1. The Morgan fingerprint density at radius 1 is 1.13 bits per heavy atom. The van der Waals surface area contributed by atoms with Gasteiger partial charge in [0.1, 0.15) is 12.4 Å². The number of hydrogen-bond acceptors (Lipinski definition) is 3. The highest BCUT2D eigenvalue weighted by molar-refractivity contribution is 6.32. The third-order valence-corrected chi connectivity index (χ3v) is 7.24. The second kappa shape index (κ2) is 10.1. The Morgan fingerprint density at radius 3 is 2.58 bits per heavy atom. The van der Waals surface area contributed by atoms with Crippen LogP contribution >= 0.6 is 11.6 Å². The van der Waals surface area contributed by atoms with E-state index in [1.807, 2.05) is 42.5 Å². The molecular formula is C27H34ClNO2. The molecule has 1 N–H and O–H groups in total. The molecule has 0 saturated heterocycles. The van der Waals surface area contributed by atoms with E-state index < -0.39 is 5.60 Å². The summed E-state index contributed by atoms with van der Waals surface area (Å²) < 4.78 is 5.97. The van der Waals surface area contributed by atoms with Gasteiger partial charge in [-0.05, 0) is 54.6 Å². The molecule has 1 aliphatic carbocycles. The molecule has 1 unspecified atom stereocenters. The minimum atomic E-state index is -0.674. The zero-order valence-corrected chi connectivity index (χ0v) is 19.2. The van der Waals surface area contributed by atoms with Crippen molar-refractivity contribution in [2.75, 3.05) is 13.1 Å². The van der Waals surface area contributed by atoms with Crippen LogP contribution in [-0.2, 0) is 6.61 Å². The first-order chi connectivity index (χ1) is 15.1. The van der Waals surface area contributed by atoms with E-state index in [1.165, 1.54) is 6.42 Å². The number of halogens is 1. The van der Waals surface area contributed by atoms with Crippen LogP contribution in [0.25, 0.3) is 0 Å². The molecule has 2 aromatic rings. The van der Waals surface area contributed by atoms with E-state index in [1.54, 1.807) is 0 Å². The van der Waals surface area contributed by atoms with Gasteiger partial charge in [-0.25, -0.2) is 0 Å². The van der Waals surface area contributed by atoms with Crippen LogP contribution in [0.5, 0.6) is 5.75 Å². The molecule has 1 heterocycles. The fourth-order valence-corrected chi connectivity index (χ4v) is 5.23. The molecule has 2 aromatic carbocycles. The van der Waals surface area contributed by atoms with Crippen LogP contribution in [-0.4, -0.2) is 28.7 Å². The first-order valence-electron chi connectivity index (χ1n) is 11.7. The molecule has 4 rings (SSSR count). The lowest BCUT2D eigenvalue weighted by molar-refractivity contribution is -0.0277. The molecule has 1 aliphatic heterocycles. The largest absolute Gasteiger partial charge is 0.487 e. The zero-order valence-electron chi connectivity index (χ0n) is 18.5. The van der Waals surface area contributed by atoms with E-state index >= 15 is 0 Å². The van der Waals surface area contributed by atoms with Crippen molar-refractivity contribution in [3.05, 3.63) is 77.0 Å². The topological polar surface area (TPSA) is 32.7 Å². The van der Waals surface area contributed by atoms with Crippen LogP contribution in [0.2, 0.25) is 5.02 Å². The average molecular weight is 440 g/mol. The van der Waals surface area contributed by atoms with Gasteiger partial charge in [-0.15, -0.1) is 0 Å². The SMILES string of the molecule is CC[C@@H]1C=CN(CC(c2ccc(OCc3ccccc3)c(Cl)c2)C2(O)CCCCC2)C1. The van der Waals surface area contributed by atoms with Crippen molar-refractivity contribution < 1.29 is 9.84 Å². The minimum Gasteiger partial charge on any atom is -0.487 e. The number of aliphatic hydroxyl groups is 1. The summed E-state index contributed by atoms with van der Waals surface area (Å²) in [6.07, 6.45) is 10.8. The smallest absolute Gasteiger partial charge is 0.138 e. The van der Waals surface area contributed by atoms with Gasteiger partial charge in [0.25, 0.3) is 0 Å². The Kier molecular flexibility index (Phi) is 7.24. The molecular weight excluding hydrogens is 406 g/mol. The van der Waals surface area contributed by atoms with E-state index in [0.29, 0.717) is 23.3 Å². The summed E-state index contributed by atoms with van der Waals surface area (Å²) in [5.74, 6) is 1.34. The summed E-state index contributed by atoms with van der Waals surface area (Å²) in [4.78, 5) is 2.37. The lowest BCUT2D eigenvalue weighted by Gasteiger charge is -2.41. The number of ether oxygens (including phenoxy) is 1. The van der Waals surface area contributed by atoms with Crippen LogP contribution in [0.1, 0.15) is 62.5 Å². The van der Waals surface area contributed by atoms with Crippen molar-refractivity contribution in [1.82, 2.24) is 4.90 Å². The van der Waals surface area contributed by atoms with Gasteiger partial charge in [-0.2, -0.15) is 0 Å². The molecule has 1 saturated carbocycles. The fourth-order valence-electron chi connectivity index (χ4n) is 4.99. The normalized spacial score (nSPS) is 21.3. The predicted molar refractivity (Wildman–Crippen MR) is 127 cm³/mol. The molecule has 2 atom stereocenters. The molecule has 1 fully saturated rings. The summed E-state index contributed by atoms with van der Waals surface area (Å²) >= 11 is 6.65. The van der Waals surface area contributed by atoms with E-state index in [4.69, 9.17) is 16.3 Å². The number of nitrogens with zero attached hydrogens (tertiary/aromatic N) is 1. The molecule has 31 heavy (non-hydrogen) atoms. The second-order valence-corrected chi connectivity index (χ2v) is 9.55. The van der Waals surface area contributed by atoms with Crippen LogP contribution in [0.3, 0.4) is 0 Å². The van der Waals surface area contributed by atoms with Gasteiger partial charge in [0.2, 0.25) is 0 Å². The van der Waals surface area contributed by atoms with Gasteiger partial charge in [0.05, 0.1) is 10.6 Å². The van der Waals surface area contributed by atoms with Crippen molar-refractivity contribution in [1.29, 1.82) is 0 Å². The van der Waals surface area contributed by atoms with Gasteiger partial charge in [0, 0.05) is 19.0 Å². The highest BCUT2D eigenvalue weighted by Crippen LogP contribution is 2.42. The highest BCUT2D eigenvalue weighted by Gasteiger charge is 2.40. The van der Waals surface area contributed by atoms with Gasteiger partial charge in [-0.1, -0.05) is 80.3 Å². The van der Waals surface area contributed by atoms with E-state index in [9.17, 15) is 5.11 Å². The first-order valence-corrected chi connectivity index (χ1v) is 12.1. The molecule has 3 nitrogen and oxygen atoms in total. The standard InChI is InChI=1S/C27H34ClNO2/c1-2-21-13-16-29(18-21)19-24(27(30)14-7-4-8-15-27)23-11-12-26(25(28)17-23)31-20-22-9-5-3-6-10-22/h3,5-6,9-13,16-17,21,24,30H,2,4,7-8,14-15,18-20H2,1H3/t21-,24?/m1/s1. The van der Waals surface area contributed by atoms with Gasteiger partial charge in [-0.3, -0.25) is 0 Å². The Hall–Kier alpha value is -1.97. The summed E-state index contributed by atoms with van der Waals surface area (Å²) in [6, 6.07) is 16.2. The molecule has 166 valence electrons. The molecule has 0 bridgehead atoms. The summed E-state index contributed by atoms with van der Waals surface area (Å²) in [5, 5.41) is 12.3. The molecule has 4 heteroatoms. The molecule has 2 aliphatic rings. The van der Waals surface area contributed by atoms with Crippen molar-refractivity contribution in [3.8, 4) is 5.75 Å². The third-order valence-electron chi connectivity index (χ3n) is 6.94. The lowest BCUT2D eigenvalue weighted by atomic mass is 9.72. The van der Waals surface area contributed by atoms with Crippen LogP contribution in [0.15, 0.2) is 60.8 Å². The number of benzene rings is 2. The van der Waals surface area contributed by atoms with Gasteiger partial charge < -0.3 is 14.7 Å². The lowest BCUT2D eigenvalue weighted by Crippen LogP contribution is -2.43. The van der Waals surface area contributed by atoms with Crippen molar-refractivity contribution in [3.63, 3.8) is 0 Å². The second-order valence-electron chi connectivity index (χ2n) is 9.14. The van der Waals surface area contributed by atoms with Crippen LogP contribution < -0.4 is 4.74 Å². The van der Waals surface area contributed by atoms with Crippen LogP contribution in [0.4, 0.5) is 0 Å². The first kappa shape index (κ1) is 22.2. The summed E-state index contributed by atoms with van der Waals surface area (Å²) in [5.41, 5.74) is 1.55. The minimum absolute atomic E-state index is 0.0359. The van der Waals surface area contributed by atoms with E-state index in [-0.39, 0.29) is 5.92 Å². The van der Waals surface area contributed by atoms with E-state index in [0.717, 1.165) is 56.3 Å². The molecule has 0 radical (unpaired) electrons. The van der Waals surface area contributed by atoms with Gasteiger partial charge >= 0.3 is 0 Å². The van der Waals surface area contributed by atoms with Crippen molar-refractivity contribution in [2.45, 2.75) is 63.6 Å². The predicted octanol–water partition coefficient (Wildman–Crippen LogP) is 6.55. The summed E-state index contributed by atoms with van der Waals surface area (Å²) in [6.45, 7) is 4.59. The maximum absolute atomic E-state index is 11.7. The summed E-state index contributed by atoms with van der Waals surface area (Å²) in [7, 11) is 0. The third kappa shape index (κ3) is 5.45. The van der Waals surface area contributed by atoms with Crippen molar-refractivity contribution >= 4 is 11.6 Å². The van der Waals surface area contributed by atoms with E-state index in [2.05, 4.69) is 30.2 Å². The monoisotopic (exact) mass is 439 g/mol.